The summed E-state index contributed by atoms with van der Waals surface area (Å²) in [4.78, 5) is 4.72. The van der Waals surface area contributed by atoms with Crippen LogP contribution in [0.25, 0.3) is 0 Å². The van der Waals surface area contributed by atoms with Crippen LogP contribution < -0.4 is 10.6 Å². The van der Waals surface area contributed by atoms with E-state index >= 15 is 0 Å². The van der Waals surface area contributed by atoms with Gasteiger partial charge in [0.1, 0.15) is 5.76 Å². The van der Waals surface area contributed by atoms with Crippen molar-refractivity contribution in [3.05, 3.63) is 60.1 Å². The Hall–Kier alpha value is -1.59. The number of piperidine rings is 1. The molecule has 7 nitrogen and oxygen atoms in total. The maximum atomic E-state index is 12.1. The summed E-state index contributed by atoms with van der Waals surface area (Å²) in [5.41, 5.74) is 1.14. The molecule has 0 spiro atoms. The Morgan fingerprint density at radius 3 is 2.53 bits per heavy atom. The number of rotatable bonds is 8. The molecule has 1 fully saturated rings. The second-order valence-electron chi connectivity index (χ2n) is 7.12. The van der Waals surface area contributed by atoms with Crippen molar-refractivity contribution in [1.82, 2.24) is 14.9 Å². The van der Waals surface area contributed by atoms with E-state index in [0.717, 1.165) is 36.5 Å². The summed E-state index contributed by atoms with van der Waals surface area (Å²) >= 11 is 0. The molecule has 0 amide bonds. The smallest absolute Gasteiger partial charge is 0.213 e. The third kappa shape index (κ3) is 7.59. The lowest BCUT2D eigenvalue weighted by molar-refractivity contribution is 0.306. The van der Waals surface area contributed by atoms with Crippen LogP contribution in [0.3, 0.4) is 0 Å². The molecular formula is C21H31IN4O3S. The number of furan rings is 1. The van der Waals surface area contributed by atoms with Gasteiger partial charge in [0, 0.05) is 32.1 Å². The Bertz CT molecular complexity index is 865. The summed E-state index contributed by atoms with van der Waals surface area (Å²) in [5.74, 6) is 1.83. The van der Waals surface area contributed by atoms with E-state index in [9.17, 15) is 8.42 Å². The van der Waals surface area contributed by atoms with Gasteiger partial charge in [0.15, 0.2) is 5.96 Å². The molecule has 166 valence electrons. The van der Waals surface area contributed by atoms with Crippen LogP contribution in [0, 0.1) is 0 Å². The highest BCUT2D eigenvalue weighted by Gasteiger charge is 2.27. The van der Waals surface area contributed by atoms with Crippen LogP contribution in [-0.2, 0) is 23.0 Å². The lowest BCUT2D eigenvalue weighted by atomic mass is 10.1. The zero-order valence-corrected chi connectivity index (χ0v) is 20.4. The van der Waals surface area contributed by atoms with Crippen molar-refractivity contribution in [3.8, 4) is 0 Å². The number of guanidine groups is 1. The number of hydrogen-bond donors (Lipinski definition) is 2. The molecule has 1 aliphatic heterocycles. The Morgan fingerprint density at radius 1 is 1.17 bits per heavy atom. The van der Waals surface area contributed by atoms with Gasteiger partial charge in [0.25, 0.3) is 0 Å². The van der Waals surface area contributed by atoms with Crippen LogP contribution in [0.5, 0.6) is 0 Å². The standard InChI is InChI=1S/C21H30N4O3S.HI/c1-2-29(26,27)25-14-11-19(12-15-25)24-21(22-13-10-20-9-6-16-28-20)23-17-18-7-4-3-5-8-18;/h3-9,16,19H,2,10-15,17H2,1H3,(H2,22,23,24);1H. The maximum absolute atomic E-state index is 12.1. The van der Waals surface area contributed by atoms with Crippen molar-refractivity contribution in [2.45, 2.75) is 38.8 Å². The van der Waals surface area contributed by atoms with Crippen molar-refractivity contribution in [2.75, 3.05) is 25.4 Å². The van der Waals surface area contributed by atoms with Crippen molar-refractivity contribution in [3.63, 3.8) is 0 Å². The third-order valence-corrected chi connectivity index (χ3v) is 6.94. The summed E-state index contributed by atoms with van der Waals surface area (Å²) in [6.45, 7) is 4.08. The second-order valence-corrected chi connectivity index (χ2v) is 9.38. The average molecular weight is 546 g/mol. The van der Waals surface area contributed by atoms with Crippen LogP contribution in [0.1, 0.15) is 31.1 Å². The fourth-order valence-corrected chi connectivity index (χ4v) is 4.45. The zero-order valence-electron chi connectivity index (χ0n) is 17.3. The molecule has 0 saturated carbocycles. The van der Waals surface area contributed by atoms with Gasteiger partial charge in [-0.3, -0.25) is 0 Å². The van der Waals surface area contributed by atoms with Gasteiger partial charge in [0.05, 0.1) is 18.6 Å². The van der Waals surface area contributed by atoms with Crippen LogP contribution >= 0.6 is 24.0 Å². The van der Waals surface area contributed by atoms with Crippen molar-refractivity contribution >= 4 is 40.0 Å². The summed E-state index contributed by atoms with van der Waals surface area (Å²) in [7, 11) is -3.11. The molecule has 2 aromatic rings. The molecule has 1 aromatic carbocycles. The van der Waals surface area contributed by atoms with Gasteiger partial charge >= 0.3 is 0 Å². The first-order valence-electron chi connectivity index (χ1n) is 10.2. The second kappa shape index (κ2) is 12.3. The fourth-order valence-electron chi connectivity index (χ4n) is 3.32. The molecule has 9 heteroatoms. The van der Waals surface area contributed by atoms with E-state index in [1.807, 2.05) is 30.3 Å². The highest BCUT2D eigenvalue weighted by Crippen LogP contribution is 2.14. The zero-order chi connectivity index (χ0) is 20.5. The van der Waals surface area contributed by atoms with Gasteiger partial charge < -0.3 is 15.1 Å². The molecule has 0 bridgehead atoms. The molecule has 0 aliphatic carbocycles. The Balaban J connectivity index is 0.00000320. The predicted octanol–water partition coefficient (Wildman–Crippen LogP) is 2.99. The first kappa shape index (κ1) is 24.7. The molecule has 2 N–H and O–H groups in total. The number of hydrogen-bond acceptors (Lipinski definition) is 4. The predicted molar refractivity (Wildman–Crippen MR) is 131 cm³/mol. The topological polar surface area (TPSA) is 86.9 Å². The first-order chi connectivity index (χ1) is 14.1. The van der Waals surface area contributed by atoms with Gasteiger partial charge in [-0.1, -0.05) is 30.3 Å². The minimum atomic E-state index is -3.11. The minimum absolute atomic E-state index is 0. The number of nitrogens with one attached hydrogen (secondary N) is 2. The molecule has 30 heavy (non-hydrogen) atoms. The van der Waals surface area contributed by atoms with Gasteiger partial charge in [-0.25, -0.2) is 17.7 Å². The monoisotopic (exact) mass is 546 g/mol. The normalized spacial score (nSPS) is 16.1. The van der Waals surface area contributed by atoms with E-state index in [-0.39, 0.29) is 35.8 Å². The molecule has 3 rings (SSSR count). The van der Waals surface area contributed by atoms with Gasteiger partial charge in [-0.15, -0.1) is 24.0 Å². The summed E-state index contributed by atoms with van der Waals surface area (Å²) < 4.78 is 31.1. The van der Waals surface area contributed by atoms with Crippen molar-refractivity contribution in [1.29, 1.82) is 0 Å². The quantitative estimate of drug-likeness (QED) is 0.302. The van der Waals surface area contributed by atoms with E-state index in [0.29, 0.717) is 26.2 Å². The fraction of sp³-hybridized carbons (Fsp3) is 0.476. The Morgan fingerprint density at radius 2 is 1.90 bits per heavy atom. The molecular weight excluding hydrogens is 515 g/mol. The summed E-state index contributed by atoms with van der Waals surface area (Å²) in [6.07, 6.45) is 3.98. The van der Waals surface area contributed by atoms with E-state index in [1.165, 1.54) is 0 Å². The van der Waals surface area contributed by atoms with Gasteiger partial charge in [-0.2, -0.15) is 0 Å². The molecule has 0 atom stereocenters. The lowest BCUT2D eigenvalue weighted by Crippen LogP contribution is -2.50. The highest BCUT2D eigenvalue weighted by molar-refractivity contribution is 14.0. The van der Waals surface area contributed by atoms with E-state index in [1.54, 1.807) is 17.5 Å². The number of aliphatic imine (C=N–C) groups is 1. The first-order valence-corrected chi connectivity index (χ1v) is 11.8. The highest BCUT2D eigenvalue weighted by atomic mass is 127. The van der Waals surface area contributed by atoms with Crippen molar-refractivity contribution in [2.24, 2.45) is 4.99 Å². The molecule has 0 radical (unpaired) electrons. The number of halogens is 1. The van der Waals surface area contributed by atoms with E-state index < -0.39 is 10.0 Å². The number of benzene rings is 1. The van der Waals surface area contributed by atoms with Crippen LogP contribution in [0.2, 0.25) is 0 Å². The molecule has 1 aromatic heterocycles. The Kier molecular flexibility index (Phi) is 10.1. The van der Waals surface area contributed by atoms with Crippen molar-refractivity contribution < 1.29 is 12.8 Å². The third-order valence-electron chi connectivity index (χ3n) is 5.06. The van der Waals surface area contributed by atoms with Crippen LogP contribution in [0.4, 0.5) is 0 Å². The van der Waals surface area contributed by atoms with Crippen LogP contribution in [-0.4, -0.2) is 50.1 Å². The largest absolute Gasteiger partial charge is 0.469 e. The summed E-state index contributed by atoms with van der Waals surface area (Å²) in [6, 6.07) is 14.2. The van der Waals surface area contributed by atoms with Gasteiger partial charge in [-0.05, 0) is 37.5 Å². The SMILES string of the molecule is CCS(=O)(=O)N1CCC(NC(=NCc2ccccc2)NCCc2ccco2)CC1.I. The molecule has 1 saturated heterocycles. The number of sulfonamides is 1. The minimum Gasteiger partial charge on any atom is -0.469 e. The summed E-state index contributed by atoms with van der Waals surface area (Å²) in [5, 5.41) is 6.86. The maximum Gasteiger partial charge on any atom is 0.213 e. The van der Waals surface area contributed by atoms with E-state index in [4.69, 9.17) is 9.41 Å². The average Bonchev–Trinajstić information content (AvgIpc) is 3.26. The van der Waals surface area contributed by atoms with Crippen LogP contribution in [0.15, 0.2) is 58.1 Å². The number of nitrogens with zero attached hydrogens (tertiary/aromatic N) is 2. The lowest BCUT2D eigenvalue weighted by Gasteiger charge is -2.32. The molecule has 0 unspecified atom stereocenters. The van der Waals surface area contributed by atoms with Gasteiger partial charge in [0.2, 0.25) is 10.0 Å². The molecule has 1 aliphatic rings. The van der Waals surface area contributed by atoms with E-state index in [2.05, 4.69) is 22.8 Å². The molecule has 2 heterocycles. The Labute approximate surface area is 196 Å².